The molecule has 242 valence electrons. The van der Waals surface area contributed by atoms with Crippen molar-refractivity contribution in [1.29, 1.82) is 0 Å². The number of para-hydroxylation sites is 1. The maximum atomic E-state index is 13.4. The number of aryl methyl sites for hydroxylation is 3. The molecule has 0 radical (unpaired) electrons. The third kappa shape index (κ3) is 7.63. The highest BCUT2D eigenvalue weighted by atomic mass is 32.2. The van der Waals surface area contributed by atoms with Gasteiger partial charge in [-0.25, -0.2) is 8.42 Å². The van der Waals surface area contributed by atoms with E-state index >= 15 is 0 Å². The molecule has 3 aliphatic rings. The number of piperidine rings is 2. The van der Waals surface area contributed by atoms with Crippen LogP contribution < -0.4 is 15.4 Å². The van der Waals surface area contributed by atoms with Crippen LogP contribution in [-0.4, -0.2) is 91.6 Å². The molecule has 2 amide bonds. The number of carbonyl (C=O) groups is 2. The fourth-order valence-corrected chi connectivity index (χ4v) is 8.67. The van der Waals surface area contributed by atoms with Crippen LogP contribution in [0.3, 0.4) is 0 Å². The molecule has 1 atom stereocenters. The van der Waals surface area contributed by atoms with Crippen molar-refractivity contribution in [3.8, 4) is 5.75 Å². The Kier molecular flexibility index (Phi) is 10.6. The van der Waals surface area contributed by atoms with Gasteiger partial charge in [-0.1, -0.05) is 31.0 Å². The topological polar surface area (TPSA) is 126 Å². The van der Waals surface area contributed by atoms with E-state index in [0.29, 0.717) is 51.3 Å². The molecule has 2 fully saturated rings. The van der Waals surface area contributed by atoms with Crippen molar-refractivity contribution < 1.29 is 22.7 Å². The fraction of sp³-hybridized carbons (Fsp3) is 0.656. The number of carbonyl (C=O) groups excluding carboxylic acids is 2. The summed E-state index contributed by atoms with van der Waals surface area (Å²) in [7, 11) is -2.00. The highest BCUT2D eigenvalue weighted by Gasteiger charge is 2.41. The van der Waals surface area contributed by atoms with Crippen molar-refractivity contribution in [3.63, 3.8) is 0 Å². The summed E-state index contributed by atoms with van der Waals surface area (Å²) in [6, 6.07) is 8.19. The van der Waals surface area contributed by atoms with Crippen LogP contribution in [0.4, 0.5) is 0 Å². The number of sulfonamides is 1. The van der Waals surface area contributed by atoms with Gasteiger partial charge in [0.05, 0.1) is 23.6 Å². The Morgan fingerprint density at radius 3 is 2.68 bits per heavy atom. The minimum Gasteiger partial charge on any atom is -0.491 e. The lowest BCUT2D eigenvalue weighted by atomic mass is 9.73. The van der Waals surface area contributed by atoms with Gasteiger partial charge in [-0.05, 0) is 76.6 Å². The molecular formula is C32H48N6O5S. The Labute approximate surface area is 261 Å². The standard InChI is InChI=1S/C32H48N6O5S/c1-25-29(24-36(2)35-25)44(41,42)38-18-8-11-27(23-38)30(39)33-16-21-37-19-14-32(15-20-37)13-7-3-4-9-26-10-5-6-12-28(26)43-22-17-34-31(32)40/h5-6,10,12,24,27H,3-4,7-9,11,13-23H2,1-2H3,(H,33,39)(H,34,40). The molecule has 2 aromatic rings. The lowest BCUT2D eigenvalue weighted by Gasteiger charge is -2.41. The van der Waals surface area contributed by atoms with Gasteiger partial charge in [0, 0.05) is 39.4 Å². The summed E-state index contributed by atoms with van der Waals surface area (Å²) in [5.41, 5.74) is 1.34. The molecule has 2 saturated heterocycles. The number of nitrogens with zero attached hydrogens (tertiary/aromatic N) is 4. The van der Waals surface area contributed by atoms with Gasteiger partial charge in [0.15, 0.2) is 0 Å². The van der Waals surface area contributed by atoms with E-state index in [0.717, 1.165) is 63.8 Å². The molecule has 11 nitrogen and oxygen atoms in total. The summed E-state index contributed by atoms with van der Waals surface area (Å²) in [6.07, 6.45) is 9.52. The molecule has 5 rings (SSSR count). The minimum atomic E-state index is -3.70. The van der Waals surface area contributed by atoms with Gasteiger partial charge >= 0.3 is 0 Å². The summed E-state index contributed by atoms with van der Waals surface area (Å²) >= 11 is 0. The van der Waals surface area contributed by atoms with Gasteiger partial charge in [-0.2, -0.15) is 9.40 Å². The highest BCUT2D eigenvalue weighted by molar-refractivity contribution is 7.89. The summed E-state index contributed by atoms with van der Waals surface area (Å²) in [6.45, 7) is 6.06. The lowest BCUT2D eigenvalue weighted by Crippen LogP contribution is -2.51. The Morgan fingerprint density at radius 2 is 1.91 bits per heavy atom. The molecule has 3 aliphatic heterocycles. The highest BCUT2D eigenvalue weighted by Crippen LogP contribution is 2.37. The lowest BCUT2D eigenvalue weighted by molar-refractivity contribution is -0.134. The van der Waals surface area contributed by atoms with E-state index in [9.17, 15) is 18.0 Å². The van der Waals surface area contributed by atoms with Crippen LogP contribution in [0.15, 0.2) is 35.4 Å². The summed E-state index contributed by atoms with van der Waals surface area (Å²) in [4.78, 5) is 29.0. The van der Waals surface area contributed by atoms with Crippen LogP contribution in [-0.2, 0) is 33.1 Å². The average molecular weight is 629 g/mol. The summed E-state index contributed by atoms with van der Waals surface area (Å²) in [5, 5.41) is 10.4. The maximum Gasteiger partial charge on any atom is 0.246 e. The number of rotatable bonds is 6. The molecule has 44 heavy (non-hydrogen) atoms. The largest absolute Gasteiger partial charge is 0.491 e. The molecule has 1 aromatic carbocycles. The Balaban J connectivity index is 1.08. The number of nitrogens with one attached hydrogen (secondary N) is 2. The molecule has 0 aliphatic carbocycles. The molecule has 0 saturated carbocycles. The van der Waals surface area contributed by atoms with E-state index in [1.54, 1.807) is 14.0 Å². The molecule has 1 unspecified atom stereocenters. The predicted octanol–water partition coefficient (Wildman–Crippen LogP) is 2.64. The van der Waals surface area contributed by atoms with Crippen molar-refractivity contribution in [1.82, 2.24) is 29.6 Å². The second-order valence-corrected chi connectivity index (χ2v) is 14.5. The van der Waals surface area contributed by atoms with Crippen LogP contribution in [0, 0.1) is 18.3 Å². The first-order valence-electron chi connectivity index (χ1n) is 16.2. The first-order chi connectivity index (χ1) is 21.2. The van der Waals surface area contributed by atoms with Crippen molar-refractivity contribution >= 4 is 21.8 Å². The van der Waals surface area contributed by atoms with Crippen molar-refractivity contribution in [2.24, 2.45) is 18.4 Å². The number of hydrogen-bond donors (Lipinski definition) is 2. The molecule has 1 aromatic heterocycles. The maximum absolute atomic E-state index is 13.4. The second-order valence-electron chi connectivity index (χ2n) is 12.6. The Hall–Kier alpha value is -2.96. The Bertz CT molecular complexity index is 1400. The monoisotopic (exact) mass is 628 g/mol. The van der Waals surface area contributed by atoms with Gasteiger partial charge in [0.1, 0.15) is 17.3 Å². The van der Waals surface area contributed by atoms with Gasteiger partial charge in [-0.15, -0.1) is 0 Å². The molecule has 0 bridgehead atoms. The van der Waals surface area contributed by atoms with Gasteiger partial charge in [0.2, 0.25) is 21.8 Å². The van der Waals surface area contributed by atoms with Crippen molar-refractivity contribution in [3.05, 3.63) is 41.7 Å². The van der Waals surface area contributed by atoms with Gasteiger partial charge in [-0.3, -0.25) is 14.3 Å². The molecule has 2 N–H and O–H groups in total. The number of benzene rings is 1. The number of fused-ring (bicyclic) bond motifs is 1. The first-order valence-corrected chi connectivity index (χ1v) is 17.6. The average Bonchev–Trinajstić information content (AvgIpc) is 3.38. The zero-order valence-corrected chi connectivity index (χ0v) is 27.0. The van der Waals surface area contributed by atoms with Crippen LogP contribution in [0.5, 0.6) is 5.75 Å². The first kappa shape index (κ1) is 32.4. The van der Waals surface area contributed by atoms with E-state index in [4.69, 9.17) is 4.74 Å². The van der Waals surface area contributed by atoms with E-state index < -0.39 is 10.0 Å². The quantitative estimate of drug-likeness (QED) is 0.504. The SMILES string of the molecule is Cc1nn(C)cc1S(=O)(=O)N1CCCC(C(=O)NCCN2CCC3(CCCCCc4ccccc4OCCNC3=O)CC2)C1. The number of likely N-dealkylation sites (tertiary alicyclic amines) is 1. The third-order valence-electron chi connectivity index (χ3n) is 9.58. The number of ether oxygens (including phenoxy) is 1. The smallest absolute Gasteiger partial charge is 0.246 e. The van der Waals surface area contributed by atoms with E-state index in [1.807, 2.05) is 12.1 Å². The molecule has 12 heteroatoms. The van der Waals surface area contributed by atoms with Gasteiger partial charge in [0.25, 0.3) is 0 Å². The second kappa shape index (κ2) is 14.4. The normalized spacial score (nSPS) is 22.5. The zero-order valence-electron chi connectivity index (χ0n) is 26.2. The van der Waals surface area contributed by atoms with E-state index in [2.05, 4.69) is 32.8 Å². The van der Waals surface area contributed by atoms with Crippen LogP contribution in [0.1, 0.15) is 62.6 Å². The van der Waals surface area contributed by atoms with E-state index in [-0.39, 0.29) is 34.6 Å². The van der Waals surface area contributed by atoms with Crippen LogP contribution in [0.25, 0.3) is 0 Å². The van der Waals surface area contributed by atoms with Crippen LogP contribution >= 0.6 is 0 Å². The predicted molar refractivity (Wildman–Crippen MR) is 168 cm³/mol. The molecule has 1 spiro atoms. The van der Waals surface area contributed by atoms with Gasteiger partial charge < -0.3 is 20.3 Å². The van der Waals surface area contributed by atoms with Crippen molar-refractivity contribution in [2.45, 2.75) is 69.6 Å². The summed E-state index contributed by atoms with van der Waals surface area (Å²) < 4.78 is 35.4. The van der Waals surface area contributed by atoms with E-state index in [1.165, 1.54) is 20.7 Å². The molecular weight excluding hydrogens is 580 g/mol. The van der Waals surface area contributed by atoms with Crippen molar-refractivity contribution in [2.75, 3.05) is 52.4 Å². The third-order valence-corrected chi connectivity index (χ3v) is 11.6. The molecule has 4 heterocycles. The minimum absolute atomic E-state index is 0.0970. The number of amides is 2. The Morgan fingerprint density at radius 1 is 1.11 bits per heavy atom. The fourth-order valence-electron chi connectivity index (χ4n) is 6.94. The summed E-state index contributed by atoms with van der Waals surface area (Å²) in [5.74, 6) is 0.586. The zero-order chi connectivity index (χ0) is 31.2. The van der Waals surface area contributed by atoms with Crippen LogP contribution in [0.2, 0.25) is 0 Å². The number of aromatic nitrogens is 2. The number of hydrogen-bond acceptors (Lipinski definition) is 7.